The number of thioether (sulfide) groups is 1. The molecule has 1 aromatic carbocycles. The Balaban J connectivity index is 2.05. The van der Waals surface area contributed by atoms with Gasteiger partial charge < -0.3 is 9.80 Å². The van der Waals surface area contributed by atoms with Gasteiger partial charge in [0.15, 0.2) is 5.71 Å². The zero-order valence-electron chi connectivity index (χ0n) is 13.3. The lowest BCUT2D eigenvalue weighted by Gasteiger charge is -2.31. The summed E-state index contributed by atoms with van der Waals surface area (Å²) in [6.07, 6.45) is 6.71. The van der Waals surface area contributed by atoms with Crippen LogP contribution >= 0.6 is 11.8 Å². The topological polar surface area (TPSA) is 20.5 Å². The molecule has 2 aliphatic rings. The monoisotopic (exact) mass is 300 g/mol. The lowest BCUT2D eigenvalue weighted by Crippen LogP contribution is -2.72. The van der Waals surface area contributed by atoms with Crippen molar-refractivity contribution >= 4 is 28.8 Å². The van der Waals surface area contributed by atoms with Crippen LogP contribution in [0.4, 0.5) is 11.4 Å². The number of nitrogens with zero attached hydrogens (tertiary/aromatic N) is 2. The molecule has 1 unspecified atom stereocenters. The lowest BCUT2D eigenvalue weighted by molar-refractivity contribution is -0.359. The van der Waals surface area contributed by atoms with Crippen molar-refractivity contribution < 1.29 is 4.99 Å². The van der Waals surface area contributed by atoms with Crippen molar-refractivity contribution in [1.29, 1.82) is 0 Å². The van der Waals surface area contributed by atoms with Crippen LogP contribution in [-0.4, -0.2) is 43.5 Å². The highest BCUT2D eigenvalue weighted by molar-refractivity contribution is 8.01. The summed E-state index contributed by atoms with van der Waals surface area (Å²) in [6, 6.07) is 6.59. The summed E-state index contributed by atoms with van der Waals surface area (Å²) in [6.45, 7) is 2.28. The molecule has 1 atom stereocenters. The molecule has 110 valence electrons. The first kappa shape index (κ1) is 14.3. The first-order chi connectivity index (χ1) is 9.89. The van der Waals surface area contributed by atoms with Crippen LogP contribution in [0.3, 0.4) is 0 Å². The van der Waals surface area contributed by atoms with Crippen molar-refractivity contribution in [2.24, 2.45) is 0 Å². The molecular weight excluding hydrogens is 278 g/mol. The van der Waals surface area contributed by atoms with E-state index in [2.05, 4.69) is 86.3 Å². The SMILES string of the molecule is CN(C)C1=CC2(C)Sc3cc(N(C)C)ccc3[NH+]=C2C=C1. The third-order valence-corrected chi connectivity index (χ3v) is 5.29. The van der Waals surface area contributed by atoms with Crippen LogP contribution in [0.25, 0.3) is 0 Å². The number of hydrogen-bond acceptors (Lipinski definition) is 3. The fourth-order valence-electron chi connectivity index (χ4n) is 2.62. The maximum atomic E-state index is 3.59. The molecule has 3 nitrogen and oxygen atoms in total. The second-order valence-corrected chi connectivity index (χ2v) is 7.61. The Morgan fingerprint density at radius 3 is 2.48 bits per heavy atom. The molecule has 0 bridgehead atoms. The molecule has 3 rings (SSSR count). The molecule has 0 aromatic heterocycles. The van der Waals surface area contributed by atoms with Gasteiger partial charge in [-0.05, 0) is 31.2 Å². The first-order valence-corrected chi connectivity index (χ1v) is 7.94. The average molecular weight is 300 g/mol. The molecule has 4 heteroatoms. The normalized spacial score (nSPS) is 22.9. The zero-order valence-corrected chi connectivity index (χ0v) is 14.1. The fraction of sp³-hybridized carbons (Fsp3) is 0.353. The van der Waals surface area contributed by atoms with Gasteiger partial charge in [-0.15, -0.1) is 0 Å². The maximum Gasteiger partial charge on any atom is 0.217 e. The molecule has 1 aliphatic heterocycles. The zero-order chi connectivity index (χ0) is 15.2. The van der Waals surface area contributed by atoms with E-state index in [-0.39, 0.29) is 4.75 Å². The standard InChI is InChI=1S/C17H21N3S/c1-17-11-13(20(4)5)7-9-16(17)18-14-8-6-12(19(2)3)10-15(14)21-17/h6-11H,1-5H3/p+1. The smallest absolute Gasteiger partial charge is 0.217 e. The van der Waals surface area contributed by atoms with E-state index in [0.717, 1.165) is 0 Å². The van der Waals surface area contributed by atoms with Crippen LogP contribution in [0.15, 0.2) is 47.0 Å². The number of allylic oxidation sites excluding steroid dienone is 2. The Bertz CT molecular complexity index is 671. The summed E-state index contributed by atoms with van der Waals surface area (Å²) in [5.74, 6) is 0. The molecule has 1 aromatic rings. The third-order valence-electron chi connectivity index (χ3n) is 3.97. The molecule has 0 radical (unpaired) electrons. The van der Waals surface area contributed by atoms with Crippen LogP contribution in [0.2, 0.25) is 0 Å². The summed E-state index contributed by atoms with van der Waals surface area (Å²) in [4.78, 5) is 9.20. The minimum Gasteiger partial charge on any atom is -0.378 e. The predicted octanol–water partition coefficient (Wildman–Crippen LogP) is 1.79. The van der Waals surface area contributed by atoms with Crippen molar-refractivity contribution in [3.8, 4) is 0 Å². The molecule has 0 amide bonds. The molecule has 0 saturated heterocycles. The Morgan fingerprint density at radius 2 is 1.81 bits per heavy atom. The van der Waals surface area contributed by atoms with Crippen molar-refractivity contribution in [3.63, 3.8) is 0 Å². The van der Waals surface area contributed by atoms with E-state index in [1.165, 1.54) is 27.7 Å². The summed E-state index contributed by atoms with van der Waals surface area (Å²) < 4.78 is -0.0354. The van der Waals surface area contributed by atoms with E-state index in [9.17, 15) is 0 Å². The van der Waals surface area contributed by atoms with Gasteiger partial charge in [0.25, 0.3) is 0 Å². The highest BCUT2D eigenvalue weighted by Gasteiger charge is 2.40. The largest absolute Gasteiger partial charge is 0.378 e. The molecule has 1 aliphatic carbocycles. The predicted molar refractivity (Wildman–Crippen MR) is 91.6 cm³/mol. The van der Waals surface area contributed by atoms with Gasteiger partial charge in [-0.3, -0.25) is 0 Å². The quantitative estimate of drug-likeness (QED) is 0.899. The Morgan fingerprint density at radius 1 is 1.05 bits per heavy atom. The van der Waals surface area contributed by atoms with Crippen LogP contribution in [0, 0.1) is 0 Å². The second-order valence-electron chi connectivity index (χ2n) is 6.12. The minimum absolute atomic E-state index is 0.0354. The molecular formula is C17H22N3S+. The number of rotatable bonds is 2. The van der Waals surface area contributed by atoms with E-state index in [4.69, 9.17) is 0 Å². The van der Waals surface area contributed by atoms with Gasteiger partial charge >= 0.3 is 0 Å². The molecule has 0 fully saturated rings. The average Bonchev–Trinajstić information content (AvgIpc) is 2.42. The van der Waals surface area contributed by atoms with Crippen molar-refractivity contribution in [3.05, 3.63) is 42.1 Å². The number of likely N-dealkylation sites (N-methyl/N-ethyl adjacent to an activating group) is 1. The number of anilines is 1. The summed E-state index contributed by atoms with van der Waals surface area (Å²) in [5.41, 5.74) is 4.94. The molecule has 21 heavy (non-hydrogen) atoms. The maximum absolute atomic E-state index is 3.59. The first-order valence-electron chi connectivity index (χ1n) is 7.12. The van der Waals surface area contributed by atoms with Crippen molar-refractivity contribution in [1.82, 2.24) is 4.90 Å². The Kier molecular flexibility index (Phi) is 3.36. The van der Waals surface area contributed by atoms with Gasteiger partial charge in [0.2, 0.25) is 5.69 Å². The van der Waals surface area contributed by atoms with Gasteiger partial charge in [0.05, 0.1) is 4.90 Å². The van der Waals surface area contributed by atoms with E-state index in [1.54, 1.807) is 0 Å². The van der Waals surface area contributed by atoms with E-state index >= 15 is 0 Å². The molecule has 1 N–H and O–H groups in total. The minimum atomic E-state index is -0.0354. The van der Waals surface area contributed by atoms with E-state index in [1.807, 2.05) is 11.8 Å². The van der Waals surface area contributed by atoms with Gasteiger partial charge in [-0.25, -0.2) is 4.99 Å². The number of fused-ring (bicyclic) bond motifs is 2. The highest BCUT2D eigenvalue weighted by atomic mass is 32.2. The van der Waals surface area contributed by atoms with Gasteiger partial charge in [-0.1, -0.05) is 11.8 Å². The van der Waals surface area contributed by atoms with E-state index < -0.39 is 0 Å². The molecule has 0 saturated carbocycles. The van der Waals surface area contributed by atoms with Crippen LogP contribution < -0.4 is 9.89 Å². The summed E-state index contributed by atoms with van der Waals surface area (Å²) in [5, 5.41) is 0. The van der Waals surface area contributed by atoms with Crippen LogP contribution in [0.1, 0.15) is 6.92 Å². The Hall–Kier alpha value is -1.68. The number of hydrogen-bond donors (Lipinski definition) is 1. The van der Waals surface area contributed by atoms with Gasteiger partial charge in [0.1, 0.15) is 4.75 Å². The fourth-order valence-corrected chi connectivity index (χ4v) is 3.90. The molecule has 0 spiro atoms. The number of benzene rings is 1. The van der Waals surface area contributed by atoms with E-state index in [0.29, 0.717) is 0 Å². The van der Waals surface area contributed by atoms with Crippen molar-refractivity contribution in [2.45, 2.75) is 16.6 Å². The van der Waals surface area contributed by atoms with Gasteiger partial charge in [0, 0.05) is 51.7 Å². The number of nitrogens with one attached hydrogen (secondary N) is 1. The van der Waals surface area contributed by atoms with Crippen molar-refractivity contribution in [2.75, 3.05) is 33.1 Å². The van der Waals surface area contributed by atoms with Gasteiger partial charge in [-0.2, -0.15) is 0 Å². The summed E-state index contributed by atoms with van der Waals surface area (Å²) in [7, 11) is 8.33. The Labute approximate surface area is 131 Å². The van der Waals surface area contributed by atoms with Crippen LogP contribution in [0.5, 0.6) is 0 Å². The summed E-state index contributed by atoms with van der Waals surface area (Å²) >= 11 is 1.92. The lowest BCUT2D eigenvalue weighted by atomic mass is 9.96. The third kappa shape index (κ3) is 2.48. The highest BCUT2D eigenvalue weighted by Crippen LogP contribution is 2.42. The second kappa shape index (κ2) is 4.95. The van der Waals surface area contributed by atoms with Crippen LogP contribution in [-0.2, 0) is 0 Å². The molecule has 1 heterocycles.